The Morgan fingerprint density at radius 1 is 0.920 bits per heavy atom. The molecule has 0 radical (unpaired) electrons. The molecular weight excluding hydrogens is 379 g/mol. The summed E-state index contributed by atoms with van der Waals surface area (Å²) in [6, 6.07) is 14.3. The lowest BCUT2D eigenvalue weighted by Gasteiger charge is -2.07. The number of carbonyl (C=O) groups excluding carboxylic acids is 1. The van der Waals surface area contributed by atoms with Crippen molar-refractivity contribution in [1.29, 1.82) is 0 Å². The summed E-state index contributed by atoms with van der Waals surface area (Å²) >= 11 is 13.0. The van der Waals surface area contributed by atoms with Crippen LogP contribution in [0.1, 0.15) is 11.1 Å². The predicted octanol–water partition coefficient (Wildman–Crippen LogP) is 4.29. The summed E-state index contributed by atoms with van der Waals surface area (Å²) in [5.74, 6) is 0.142. The largest absolute Gasteiger partial charge is 0.271 e. The number of hydrogen-bond donors (Lipinski definition) is 0. The maximum absolute atomic E-state index is 12.0. The Morgan fingerprint density at radius 3 is 2.08 bits per heavy atom. The van der Waals surface area contributed by atoms with Gasteiger partial charge in [-0.2, -0.15) is 15.2 Å². The smallest absolute Gasteiger partial charge is 0.259 e. The Bertz CT molecular complexity index is 848. The van der Waals surface area contributed by atoms with E-state index in [1.165, 1.54) is 16.8 Å². The van der Waals surface area contributed by atoms with Gasteiger partial charge in [0.1, 0.15) is 0 Å². The molecule has 2 aromatic carbocycles. The van der Waals surface area contributed by atoms with Gasteiger partial charge in [0, 0.05) is 10.0 Å². The second-order valence-electron chi connectivity index (χ2n) is 4.97. The molecular formula is C17H12Cl2N4OS. The molecule has 5 nitrogen and oxygen atoms in total. The van der Waals surface area contributed by atoms with Crippen molar-refractivity contribution in [3.8, 4) is 0 Å². The normalized spacial score (nSPS) is 16.6. The van der Waals surface area contributed by atoms with Gasteiger partial charge in [0.2, 0.25) is 5.17 Å². The molecule has 1 saturated heterocycles. The third kappa shape index (κ3) is 4.92. The standard InChI is InChI=1S/C17H12Cl2N4OS/c18-14-5-1-12(2-6-14)9-20-22-17-23(16(24)11-25-17)21-10-13-3-7-15(19)8-4-13/h1-10H,11H2/b20-9+,21-10+,22-17-. The maximum Gasteiger partial charge on any atom is 0.259 e. The summed E-state index contributed by atoms with van der Waals surface area (Å²) in [6.45, 7) is 0. The molecule has 8 heteroatoms. The van der Waals surface area contributed by atoms with E-state index in [9.17, 15) is 4.79 Å². The number of carbonyl (C=O) groups is 1. The van der Waals surface area contributed by atoms with E-state index in [2.05, 4.69) is 15.3 Å². The van der Waals surface area contributed by atoms with Crippen LogP contribution in [0.4, 0.5) is 0 Å². The highest BCUT2D eigenvalue weighted by Crippen LogP contribution is 2.20. The van der Waals surface area contributed by atoms with Crippen molar-refractivity contribution in [2.45, 2.75) is 0 Å². The summed E-state index contributed by atoms with van der Waals surface area (Å²) in [5.41, 5.74) is 1.69. The fourth-order valence-electron chi connectivity index (χ4n) is 1.91. The summed E-state index contributed by atoms with van der Waals surface area (Å²) in [4.78, 5) is 12.0. The highest BCUT2D eigenvalue weighted by molar-refractivity contribution is 8.15. The molecule has 0 bridgehead atoms. The molecule has 0 saturated carbocycles. The average molecular weight is 391 g/mol. The number of halogens is 2. The first kappa shape index (κ1) is 17.7. The zero-order valence-electron chi connectivity index (χ0n) is 12.8. The highest BCUT2D eigenvalue weighted by atomic mass is 35.5. The van der Waals surface area contributed by atoms with E-state index in [-0.39, 0.29) is 11.7 Å². The van der Waals surface area contributed by atoms with Crippen molar-refractivity contribution in [3.63, 3.8) is 0 Å². The van der Waals surface area contributed by atoms with E-state index in [1.54, 1.807) is 36.7 Å². The van der Waals surface area contributed by atoms with Gasteiger partial charge in [0.25, 0.3) is 5.91 Å². The number of benzene rings is 2. The molecule has 25 heavy (non-hydrogen) atoms. The van der Waals surface area contributed by atoms with E-state index < -0.39 is 0 Å². The van der Waals surface area contributed by atoms with Crippen LogP contribution in [-0.2, 0) is 4.79 Å². The zero-order chi connectivity index (χ0) is 17.6. The van der Waals surface area contributed by atoms with Gasteiger partial charge in [0.15, 0.2) is 0 Å². The number of amides is 1. The lowest BCUT2D eigenvalue weighted by molar-refractivity contribution is -0.124. The van der Waals surface area contributed by atoms with Gasteiger partial charge in [-0.3, -0.25) is 4.79 Å². The number of hydrogen-bond acceptors (Lipinski definition) is 5. The van der Waals surface area contributed by atoms with Gasteiger partial charge in [-0.05, 0) is 35.4 Å². The number of amidine groups is 1. The Labute approximate surface area is 159 Å². The summed E-state index contributed by atoms with van der Waals surface area (Å²) in [6.07, 6.45) is 3.17. The van der Waals surface area contributed by atoms with Crippen molar-refractivity contribution in [1.82, 2.24) is 5.01 Å². The van der Waals surface area contributed by atoms with Gasteiger partial charge >= 0.3 is 0 Å². The molecule has 0 aromatic heterocycles. The van der Waals surface area contributed by atoms with Crippen LogP contribution in [0.3, 0.4) is 0 Å². The van der Waals surface area contributed by atoms with Crippen LogP contribution in [-0.4, -0.2) is 34.3 Å². The topological polar surface area (TPSA) is 57.4 Å². The minimum absolute atomic E-state index is 0.143. The molecule has 126 valence electrons. The molecule has 1 aliphatic heterocycles. The van der Waals surface area contributed by atoms with E-state index >= 15 is 0 Å². The van der Waals surface area contributed by atoms with E-state index in [0.29, 0.717) is 15.2 Å². The lowest BCUT2D eigenvalue weighted by atomic mass is 10.2. The average Bonchev–Trinajstić information content (AvgIpc) is 2.96. The van der Waals surface area contributed by atoms with Crippen LogP contribution in [0, 0.1) is 0 Å². The molecule has 1 heterocycles. The van der Waals surface area contributed by atoms with Crippen LogP contribution < -0.4 is 0 Å². The van der Waals surface area contributed by atoms with Gasteiger partial charge in [0.05, 0.1) is 18.2 Å². The molecule has 0 aliphatic carbocycles. The molecule has 0 atom stereocenters. The van der Waals surface area contributed by atoms with Crippen molar-refractivity contribution in [2.75, 3.05) is 5.75 Å². The first-order valence-corrected chi connectivity index (χ1v) is 8.98. The van der Waals surface area contributed by atoms with Gasteiger partial charge in [-0.1, -0.05) is 59.2 Å². The second-order valence-corrected chi connectivity index (χ2v) is 6.78. The van der Waals surface area contributed by atoms with Crippen LogP contribution >= 0.6 is 35.0 Å². The molecule has 1 aliphatic rings. The minimum Gasteiger partial charge on any atom is -0.271 e. The van der Waals surface area contributed by atoms with E-state index in [1.807, 2.05) is 24.3 Å². The lowest BCUT2D eigenvalue weighted by Crippen LogP contribution is -2.23. The SMILES string of the molecule is O=C1CS/C(=N\N=C\c2ccc(Cl)cc2)N1/N=C/c1ccc(Cl)cc1. The monoisotopic (exact) mass is 390 g/mol. The number of thioether (sulfide) groups is 1. The molecule has 0 N–H and O–H groups in total. The van der Waals surface area contributed by atoms with Gasteiger partial charge in [-0.15, -0.1) is 5.10 Å². The fourth-order valence-corrected chi connectivity index (χ4v) is 2.91. The highest BCUT2D eigenvalue weighted by Gasteiger charge is 2.28. The fraction of sp³-hybridized carbons (Fsp3) is 0.0588. The predicted molar refractivity (Wildman–Crippen MR) is 105 cm³/mol. The molecule has 0 spiro atoms. The molecule has 0 unspecified atom stereocenters. The number of hydrazone groups is 1. The summed E-state index contributed by atoms with van der Waals surface area (Å²) in [5, 5.41) is 15.3. The molecule has 1 amide bonds. The number of nitrogens with zero attached hydrogens (tertiary/aromatic N) is 4. The third-order valence-electron chi connectivity index (χ3n) is 3.15. The van der Waals surface area contributed by atoms with Crippen LogP contribution in [0.15, 0.2) is 63.8 Å². The van der Waals surface area contributed by atoms with Gasteiger partial charge in [-0.25, -0.2) is 0 Å². The van der Waals surface area contributed by atoms with Crippen molar-refractivity contribution in [3.05, 3.63) is 69.7 Å². The van der Waals surface area contributed by atoms with E-state index in [0.717, 1.165) is 11.1 Å². The van der Waals surface area contributed by atoms with Crippen LogP contribution in [0.2, 0.25) is 10.0 Å². The minimum atomic E-state index is -0.143. The van der Waals surface area contributed by atoms with Crippen LogP contribution in [0.25, 0.3) is 0 Å². The third-order valence-corrected chi connectivity index (χ3v) is 4.56. The Kier molecular flexibility index (Phi) is 5.86. The molecule has 2 aromatic rings. The molecule has 3 rings (SSSR count). The quantitative estimate of drug-likeness (QED) is 0.577. The van der Waals surface area contributed by atoms with Crippen molar-refractivity contribution < 1.29 is 4.79 Å². The summed E-state index contributed by atoms with van der Waals surface area (Å²) in [7, 11) is 0. The number of rotatable bonds is 4. The zero-order valence-corrected chi connectivity index (χ0v) is 15.2. The second kappa shape index (κ2) is 8.29. The van der Waals surface area contributed by atoms with E-state index in [4.69, 9.17) is 23.2 Å². The first-order chi connectivity index (χ1) is 12.1. The van der Waals surface area contributed by atoms with Crippen molar-refractivity contribution >= 4 is 58.5 Å². The van der Waals surface area contributed by atoms with Crippen molar-refractivity contribution in [2.24, 2.45) is 15.3 Å². The van der Waals surface area contributed by atoms with Gasteiger partial charge < -0.3 is 0 Å². The summed E-state index contributed by atoms with van der Waals surface area (Å²) < 4.78 is 0. The maximum atomic E-state index is 12.0. The molecule has 1 fully saturated rings. The Balaban J connectivity index is 1.72. The first-order valence-electron chi connectivity index (χ1n) is 7.24. The van der Waals surface area contributed by atoms with Crippen LogP contribution in [0.5, 0.6) is 0 Å². The Morgan fingerprint density at radius 2 is 1.48 bits per heavy atom. The Hall–Kier alpha value is -2.15.